The quantitative estimate of drug-likeness (QED) is 0.117. The van der Waals surface area contributed by atoms with E-state index in [2.05, 4.69) is 157 Å². The van der Waals surface area contributed by atoms with Crippen LogP contribution in [-0.4, -0.2) is 20.9 Å². The van der Waals surface area contributed by atoms with E-state index in [0.717, 1.165) is 72.8 Å². The van der Waals surface area contributed by atoms with E-state index in [0.29, 0.717) is 5.84 Å². The van der Waals surface area contributed by atoms with Gasteiger partial charge in [0, 0.05) is 28.6 Å². The monoisotopic (exact) mass is 670 g/mol. The molecule has 52 heavy (non-hydrogen) atoms. The summed E-state index contributed by atoms with van der Waals surface area (Å²) in [5.41, 5.74) is 13.8. The van der Waals surface area contributed by atoms with Crippen LogP contribution >= 0.6 is 0 Å². The lowest BCUT2D eigenvalue weighted by Crippen LogP contribution is -2.06. The van der Waals surface area contributed by atoms with Crippen LogP contribution in [0.3, 0.4) is 0 Å². The Morgan fingerprint density at radius 1 is 0.519 bits per heavy atom. The summed E-state index contributed by atoms with van der Waals surface area (Å²) in [6, 6.07) is 63.2. The van der Waals surface area contributed by atoms with Crippen LogP contribution < -0.4 is 0 Å². The fourth-order valence-electron chi connectivity index (χ4n) is 6.69. The molecule has 4 heteroatoms. The average molecular weight is 671 g/mol. The van der Waals surface area contributed by atoms with Gasteiger partial charge in [0.2, 0.25) is 0 Å². The van der Waals surface area contributed by atoms with Crippen molar-refractivity contribution in [3.05, 3.63) is 205 Å². The van der Waals surface area contributed by atoms with Crippen LogP contribution in [0.1, 0.15) is 36.6 Å². The van der Waals surface area contributed by atoms with Gasteiger partial charge in [-0.15, -0.1) is 0 Å². The van der Waals surface area contributed by atoms with E-state index in [4.69, 9.17) is 15.0 Å². The summed E-state index contributed by atoms with van der Waals surface area (Å²) < 4.78 is 2.18. The summed E-state index contributed by atoms with van der Waals surface area (Å²) in [6.07, 6.45) is 2.09. The number of amidine groups is 1. The smallest absolute Gasteiger partial charge is 0.155 e. The van der Waals surface area contributed by atoms with Gasteiger partial charge in [-0.05, 0) is 83.6 Å². The molecular formula is C48H38N4. The Balaban J connectivity index is 1.25. The number of pyridine rings is 1. The molecule has 1 atom stereocenters. The van der Waals surface area contributed by atoms with E-state index >= 15 is 0 Å². The van der Waals surface area contributed by atoms with Crippen molar-refractivity contribution in [1.29, 1.82) is 0 Å². The van der Waals surface area contributed by atoms with E-state index in [-0.39, 0.29) is 6.04 Å². The molecule has 0 aliphatic carbocycles. The number of hydrogen-bond donors (Lipinski definition) is 0. The number of aliphatic imine (C=N–C) groups is 2. The molecule has 0 radical (unpaired) electrons. The summed E-state index contributed by atoms with van der Waals surface area (Å²) in [7, 11) is 0. The van der Waals surface area contributed by atoms with Gasteiger partial charge in [0.1, 0.15) is 5.65 Å². The molecule has 0 N–H and O–H groups in total. The number of nitrogens with zero attached hydrogens (tertiary/aromatic N) is 4. The molecule has 0 amide bonds. The van der Waals surface area contributed by atoms with Crippen LogP contribution in [0.5, 0.6) is 0 Å². The van der Waals surface area contributed by atoms with Gasteiger partial charge in [0.05, 0.1) is 17.4 Å². The Hall–Kier alpha value is -6.65. The maximum Gasteiger partial charge on any atom is 0.155 e. The zero-order valence-corrected chi connectivity index (χ0v) is 29.3. The Morgan fingerprint density at radius 2 is 1.06 bits per heavy atom. The minimum absolute atomic E-state index is 0.170. The molecule has 1 unspecified atom stereocenters. The first-order chi connectivity index (χ1) is 25.6. The van der Waals surface area contributed by atoms with E-state index in [1.807, 2.05) is 49.4 Å². The minimum Gasteiger partial charge on any atom is -0.299 e. The highest BCUT2D eigenvalue weighted by Crippen LogP contribution is 2.37. The third-order valence-corrected chi connectivity index (χ3v) is 9.40. The summed E-state index contributed by atoms with van der Waals surface area (Å²) >= 11 is 0. The number of aromatic nitrogens is 2. The van der Waals surface area contributed by atoms with Gasteiger partial charge >= 0.3 is 0 Å². The van der Waals surface area contributed by atoms with E-state index in [1.165, 1.54) is 0 Å². The summed E-state index contributed by atoms with van der Waals surface area (Å²) in [4.78, 5) is 15.5. The van der Waals surface area contributed by atoms with Crippen molar-refractivity contribution in [2.75, 3.05) is 0 Å². The van der Waals surface area contributed by atoms with Gasteiger partial charge in [-0.2, -0.15) is 0 Å². The maximum atomic E-state index is 5.30. The zero-order chi connectivity index (χ0) is 35.3. The van der Waals surface area contributed by atoms with Gasteiger partial charge in [-0.3, -0.25) is 9.39 Å². The van der Waals surface area contributed by atoms with Crippen molar-refractivity contribution in [2.45, 2.75) is 19.9 Å². The molecule has 2 aromatic heterocycles. The molecule has 0 aliphatic heterocycles. The standard InChI is InChI=1S/C48H38N4/c1-34(36-18-7-3-8-19-36)49-48(39-24-13-6-14-25-39)50-35(2)42-31-43(37-20-9-4-10-21-37)33-44(32-42)40-26-17-27-41(30-40)46-47(38-22-11-5-12-23-38)52-29-16-15-28-45(52)51-46/h3-33,35H,1-2H3/b49-34+,50-48-. The second-order valence-corrected chi connectivity index (χ2v) is 13.0. The van der Waals surface area contributed by atoms with Crippen LogP contribution in [0.25, 0.3) is 50.4 Å². The molecule has 250 valence electrons. The second kappa shape index (κ2) is 14.7. The zero-order valence-electron chi connectivity index (χ0n) is 29.3. The predicted molar refractivity (Wildman–Crippen MR) is 217 cm³/mol. The fourth-order valence-corrected chi connectivity index (χ4v) is 6.69. The number of hydrogen-bond acceptors (Lipinski definition) is 2. The average Bonchev–Trinajstić information content (AvgIpc) is 3.61. The number of benzene rings is 6. The highest BCUT2D eigenvalue weighted by atomic mass is 15.0. The van der Waals surface area contributed by atoms with Crippen LogP contribution in [0, 0.1) is 0 Å². The molecule has 6 aromatic carbocycles. The Morgan fingerprint density at radius 3 is 1.75 bits per heavy atom. The van der Waals surface area contributed by atoms with Crippen molar-refractivity contribution in [1.82, 2.24) is 9.38 Å². The first kappa shape index (κ1) is 32.5. The predicted octanol–water partition coefficient (Wildman–Crippen LogP) is 12.0. The van der Waals surface area contributed by atoms with Crippen molar-refractivity contribution in [3.8, 4) is 44.8 Å². The summed E-state index contributed by atoms with van der Waals surface area (Å²) in [5, 5.41) is 0. The lowest BCUT2D eigenvalue weighted by atomic mass is 9.92. The Kier molecular flexibility index (Phi) is 9.19. The van der Waals surface area contributed by atoms with Crippen molar-refractivity contribution in [3.63, 3.8) is 0 Å². The molecule has 0 saturated heterocycles. The number of imidazole rings is 1. The van der Waals surface area contributed by atoms with Gasteiger partial charge in [0.15, 0.2) is 5.84 Å². The molecule has 0 fully saturated rings. The van der Waals surface area contributed by atoms with Crippen LogP contribution in [-0.2, 0) is 0 Å². The highest BCUT2D eigenvalue weighted by molar-refractivity contribution is 6.11. The van der Waals surface area contributed by atoms with E-state index in [1.54, 1.807) is 0 Å². The van der Waals surface area contributed by atoms with Crippen molar-refractivity contribution >= 4 is 17.2 Å². The minimum atomic E-state index is -0.170. The number of rotatable bonds is 8. The lowest BCUT2D eigenvalue weighted by Gasteiger charge is -2.15. The van der Waals surface area contributed by atoms with Crippen LogP contribution in [0.15, 0.2) is 198 Å². The SMILES string of the molecule is C/C(=N\C(=N/C(C)c1cc(-c2ccccc2)cc(-c2cccc(-c3nc4ccccn4c3-c3ccccc3)c2)c1)c1ccccc1)c1ccccc1. The van der Waals surface area contributed by atoms with Crippen molar-refractivity contribution < 1.29 is 0 Å². The van der Waals surface area contributed by atoms with Crippen LogP contribution in [0.4, 0.5) is 0 Å². The Bertz CT molecular complexity index is 2520. The van der Waals surface area contributed by atoms with E-state index < -0.39 is 0 Å². The second-order valence-electron chi connectivity index (χ2n) is 13.0. The summed E-state index contributed by atoms with van der Waals surface area (Å²) in [5.74, 6) is 0.711. The van der Waals surface area contributed by atoms with Gasteiger partial charge in [-0.1, -0.05) is 146 Å². The fraction of sp³-hybridized carbons (Fsp3) is 0.0625. The first-order valence-corrected chi connectivity index (χ1v) is 17.7. The molecule has 2 heterocycles. The van der Waals surface area contributed by atoms with E-state index in [9.17, 15) is 0 Å². The first-order valence-electron chi connectivity index (χ1n) is 17.7. The van der Waals surface area contributed by atoms with Crippen LogP contribution in [0.2, 0.25) is 0 Å². The molecule has 8 rings (SSSR count). The van der Waals surface area contributed by atoms with Crippen molar-refractivity contribution in [2.24, 2.45) is 9.98 Å². The largest absolute Gasteiger partial charge is 0.299 e. The molecule has 8 aromatic rings. The molecule has 0 bridgehead atoms. The molecule has 0 spiro atoms. The third kappa shape index (κ3) is 6.87. The highest BCUT2D eigenvalue weighted by Gasteiger charge is 2.18. The maximum absolute atomic E-state index is 5.30. The normalized spacial score (nSPS) is 12.6. The van der Waals surface area contributed by atoms with Gasteiger partial charge < -0.3 is 0 Å². The molecule has 0 saturated carbocycles. The lowest BCUT2D eigenvalue weighted by molar-refractivity contribution is 0.819. The molecule has 0 aliphatic rings. The Labute approximate surface area is 305 Å². The van der Waals surface area contributed by atoms with Gasteiger partial charge in [0.25, 0.3) is 0 Å². The molecular weight excluding hydrogens is 633 g/mol. The van der Waals surface area contributed by atoms with Gasteiger partial charge in [-0.25, -0.2) is 9.98 Å². The topological polar surface area (TPSA) is 42.0 Å². The number of fused-ring (bicyclic) bond motifs is 1. The third-order valence-electron chi connectivity index (χ3n) is 9.40. The molecule has 4 nitrogen and oxygen atoms in total. The summed E-state index contributed by atoms with van der Waals surface area (Å²) in [6.45, 7) is 4.20.